The first-order valence-corrected chi connectivity index (χ1v) is 9.42. The topological polar surface area (TPSA) is 72.6 Å². The van der Waals surface area contributed by atoms with Crippen LogP contribution in [0.4, 0.5) is 0 Å². The molecule has 3 aliphatic rings. The van der Waals surface area contributed by atoms with Gasteiger partial charge in [0.05, 0.1) is 17.6 Å². The Labute approximate surface area is 121 Å². The SMILES string of the molecule is CC1(C)C2OCCCC2C1(N)CN1CCS(=O)(=O)CC1. The fourth-order valence-electron chi connectivity index (χ4n) is 4.27. The minimum absolute atomic E-state index is 0.0333. The van der Waals surface area contributed by atoms with Crippen LogP contribution in [0.3, 0.4) is 0 Å². The number of nitrogens with two attached hydrogens (primary N) is 1. The maximum absolute atomic E-state index is 11.5. The van der Waals surface area contributed by atoms with E-state index in [0.717, 1.165) is 26.0 Å². The second-order valence-electron chi connectivity index (χ2n) is 7.23. The molecule has 0 aromatic rings. The highest BCUT2D eigenvalue weighted by molar-refractivity contribution is 7.91. The Bertz CT molecular complexity index is 477. The summed E-state index contributed by atoms with van der Waals surface area (Å²) in [6.45, 7) is 7.27. The minimum Gasteiger partial charge on any atom is -0.377 e. The van der Waals surface area contributed by atoms with Crippen LogP contribution < -0.4 is 5.73 Å². The molecular formula is C14H26N2O3S. The number of sulfone groups is 1. The van der Waals surface area contributed by atoms with Gasteiger partial charge in [0.1, 0.15) is 0 Å². The molecule has 0 aromatic heterocycles. The van der Waals surface area contributed by atoms with Crippen LogP contribution in [0.2, 0.25) is 0 Å². The lowest BCUT2D eigenvalue weighted by atomic mass is 9.46. The Morgan fingerprint density at radius 2 is 1.95 bits per heavy atom. The van der Waals surface area contributed by atoms with Gasteiger partial charge in [-0.1, -0.05) is 13.8 Å². The van der Waals surface area contributed by atoms with Crippen molar-refractivity contribution >= 4 is 9.84 Å². The molecule has 116 valence electrons. The van der Waals surface area contributed by atoms with Gasteiger partial charge in [0.25, 0.3) is 0 Å². The highest BCUT2D eigenvalue weighted by Crippen LogP contribution is 2.57. The van der Waals surface area contributed by atoms with Crippen molar-refractivity contribution < 1.29 is 13.2 Å². The number of hydrogen-bond donors (Lipinski definition) is 1. The Balaban J connectivity index is 1.70. The van der Waals surface area contributed by atoms with Crippen LogP contribution >= 0.6 is 0 Å². The molecule has 2 heterocycles. The van der Waals surface area contributed by atoms with Crippen molar-refractivity contribution in [2.45, 2.75) is 38.3 Å². The fraction of sp³-hybridized carbons (Fsp3) is 1.00. The number of nitrogens with zero attached hydrogens (tertiary/aromatic N) is 1. The second-order valence-corrected chi connectivity index (χ2v) is 9.53. The first kappa shape index (κ1) is 14.8. The summed E-state index contributed by atoms with van der Waals surface area (Å²) in [6, 6.07) is 0. The highest BCUT2D eigenvalue weighted by atomic mass is 32.2. The zero-order chi connectivity index (χ0) is 14.6. The van der Waals surface area contributed by atoms with E-state index in [1.807, 2.05) is 0 Å². The summed E-state index contributed by atoms with van der Waals surface area (Å²) in [7, 11) is -2.82. The molecule has 3 unspecified atom stereocenters. The molecule has 0 spiro atoms. The summed E-state index contributed by atoms with van der Waals surface area (Å²) in [6.07, 6.45) is 2.50. The Morgan fingerprint density at radius 1 is 1.30 bits per heavy atom. The van der Waals surface area contributed by atoms with Crippen LogP contribution in [0.1, 0.15) is 26.7 Å². The zero-order valence-corrected chi connectivity index (χ0v) is 13.3. The molecule has 0 amide bonds. The molecule has 3 rings (SSSR count). The Morgan fingerprint density at radius 3 is 2.60 bits per heavy atom. The predicted molar refractivity (Wildman–Crippen MR) is 78.3 cm³/mol. The molecule has 3 atom stereocenters. The van der Waals surface area contributed by atoms with E-state index >= 15 is 0 Å². The Kier molecular flexibility index (Phi) is 3.44. The van der Waals surface area contributed by atoms with Gasteiger partial charge in [-0.3, -0.25) is 4.90 Å². The van der Waals surface area contributed by atoms with E-state index in [1.54, 1.807) is 0 Å². The van der Waals surface area contributed by atoms with E-state index < -0.39 is 9.84 Å². The lowest BCUT2D eigenvalue weighted by molar-refractivity contribution is -0.231. The first-order chi connectivity index (χ1) is 9.26. The molecule has 2 saturated heterocycles. The van der Waals surface area contributed by atoms with Crippen molar-refractivity contribution in [3.63, 3.8) is 0 Å². The molecule has 20 heavy (non-hydrogen) atoms. The number of ether oxygens (including phenoxy) is 1. The van der Waals surface area contributed by atoms with Gasteiger partial charge in [-0.2, -0.15) is 0 Å². The van der Waals surface area contributed by atoms with Gasteiger partial charge in [-0.05, 0) is 12.8 Å². The standard InChI is InChI=1S/C14H26N2O3S/c1-13(2)12-11(4-3-7-19-12)14(13,15)10-16-5-8-20(17,18)9-6-16/h11-12H,3-10,15H2,1-2H3. The van der Waals surface area contributed by atoms with Gasteiger partial charge in [0.2, 0.25) is 0 Å². The van der Waals surface area contributed by atoms with Crippen molar-refractivity contribution in [2.75, 3.05) is 37.7 Å². The third kappa shape index (κ3) is 2.12. The van der Waals surface area contributed by atoms with Gasteiger partial charge in [0.15, 0.2) is 9.84 Å². The van der Waals surface area contributed by atoms with Gasteiger partial charge in [-0.25, -0.2) is 8.42 Å². The number of fused-ring (bicyclic) bond motifs is 1. The smallest absolute Gasteiger partial charge is 0.152 e. The van der Waals surface area contributed by atoms with Crippen LogP contribution in [0, 0.1) is 11.3 Å². The summed E-state index contributed by atoms with van der Waals surface area (Å²) in [5, 5.41) is 0. The fourth-order valence-corrected chi connectivity index (χ4v) is 5.54. The number of hydrogen-bond acceptors (Lipinski definition) is 5. The summed E-state index contributed by atoms with van der Waals surface area (Å²) in [5.41, 5.74) is 6.48. The molecule has 1 aliphatic carbocycles. The quantitative estimate of drug-likeness (QED) is 0.791. The van der Waals surface area contributed by atoms with Crippen LogP contribution in [0.5, 0.6) is 0 Å². The monoisotopic (exact) mass is 302 g/mol. The maximum Gasteiger partial charge on any atom is 0.152 e. The molecule has 0 bridgehead atoms. The van der Waals surface area contributed by atoms with E-state index in [4.69, 9.17) is 10.5 Å². The molecule has 3 fully saturated rings. The summed E-state index contributed by atoms with van der Waals surface area (Å²) in [5.74, 6) is 0.965. The summed E-state index contributed by atoms with van der Waals surface area (Å²) < 4.78 is 29.0. The summed E-state index contributed by atoms with van der Waals surface area (Å²) in [4.78, 5) is 2.23. The van der Waals surface area contributed by atoms with Crippen molar-refractivity contribution in [1.82, 2.24) is 4.90 Å². The largest absolute Gasteiger partial charge is 0.377 e. The molecule has 2 N–H and O–H groups in total. The van der Waals surface area contributed by atoms with E-state index in [1.165, 1.54) is 0 Å². The van der Waals surface area contributed by atoms with Crippen molar-refractivity contribution in [3.05, 3.63) is 0 Å². The van der Waals surface area contributed by atoms with Crippen molar-refractivity contribution in [1.29, 1.82) is 0 Å². The van der Waals surface area contributed by atoms with E-state index in [0.29, 0.717) is 19.0 Å². The predicted octanol–water partition coefficient (Wildman–Crippen LogP) is 0.249. The van der Waals surface area contributed by atoms with Gasteiger partial charge < -0.3 is 10.5 Å². The molecule has 0 radical (unpaired) electrons. The van der Waals surface area contributed by atoms with Gasteiger partial charge >= 0.3 is 0 Å². The normalized spacial score (nSPS) is 43.5. The van der Waals surface area contributed by atoms with Crippen molar-refractivity contribution in [2.24, 2.45) is 17.1 Å². The Hall–Kier alpha value is -0.170. The van der Waals surface area contributed by atoms with E-state index in [9.17, 15) is 8.42 Å². The highest BCUT2D eigenvalue weighted by Gasteiger charge is 2.66. The van der Waals surface area contributed by atoms with Crippen molar-refractivity contribution in [3.8, 4) is 0 Å². The number of rotatable bonds is 2. The van der Waals surface area contributed by atoms with Crippen LogP contribution in [0.15, 0.2) is 0 Å². The van der Waals surface area contributed by atoms with Gasteiger partial charge in [-0.15, -0.1) is 0 Å². The van der Waals surface area contributed by atoms with Crippen LogP contribution in [-0.4, -0.2) is 62.7 Å². The third-order valence-electron chi connectivity index (χ3n) is 5.82. The van der Waals surface area contributed by atoms with Crippen LogP contribution in [0.25, 0.3) is 0 Å². The lowest BCUT2D eigenvalue weighted by Gasteiger charge is -2.67. The van der Waals surface area contributed by atoms with Gasteiger partial charge in [0, 0.05) is 43.1 Å². The molecule has 2 aliphatic heterocycles. The maximum atomic E-state index is 11.5. The lowest BCUT2D eigenvalue weighted by Crippen LogP contribution is -2.80. The zero-order valence-electron chi connectivity index (χ0n) is 12.5. The van der Waals surface area contributed by atoms with Crippen LogP contribution in [-0.2, 0) is 14.6 Å². The molecule has 1 saturated carbocycles. The molecule has 5 nitrogen and oxygen atoms in total. The average Bonchev–Trinajstić information content (AvgIpc) is 2.41. The minimum atomic E-state index is -2.82. The second kappa shape index (κ2) is 4.66. The first-order valence-electron chi connectivity index (χ1n) is 7.59. The summed E-state index contributed by atoms with van der Waals surface area (Å²) >= 11 is 0. The molecular weight excluding hydrogens is 276 g/mol. The molecule has 6 heteroatoms. The average molecular weight is 302 g/mol. The molecule has 0 aromatic carbocycles. The van der Waals surface area contributed by atoms with E-state index in [-0.39, 0.29) is 28.6 Å². The van der Waals surface area contributed by atoms with E-state index in [2.05, 4.69) is 18.7 Å². The third-order valence-corrected chi connectivity index (χ3v) is 7.43.